The SMILES string of the molecule is C[NH+]1CCc2cc(O)ccc2C1.[Cl-]. The Morgan fingerprint density at radius 2 is 2.08 bits per heavy atom. The molecular weight excluding hydrogens is 186 g/mol. The molecule has 1 aromatic rings. The Morgan fingerprint density at radius 1 is 1.31 bits per heavy atom. The number of phenolic OH excluding ortho intramolecular Hbond substituents is 1. The van der Waals surface area contributed by atoms with Crippen molar-refractivity contribution in [3.8, 4) is 5.75 Å². The first-order valence-electron chi connectivity index (χ1n) is 4.38. The molecule has 0 saturated heterocycles. The van der Waals surface area contributed by atoms with Crippen molar-refractivity contribution in [1.82, 2.24) is 0 Å². The van der Waals surface area contributed by atoms with Gasteiger partial charge in [-0.1, -0.05) is 0 Å². The van der Waals surface area contributed by atoms with Gasteiger partial charge in [-0.15, -0.1) is 0 Å². The van der Waals surface area contributed by atoms with E-state index in [-0.39, 0.29) is 12.4 Å². The maximum Gasteiger partial charge on any atom is 0.115 e. The second-order valence-electron chi connectivity index (χ2n) is 3.59. The number of rotatable bonds is 0. The summed E-state index contributed by atoms with van der Waals surface area (Å²) in [6.45, 7) is 2.27. The molecule has 1 atom stereocenters. The Morgan fingerprint density at radius 3 is 2.85 bits per heavy atom. The predicted octanol–water partition coefficient (Wildman–Crippen LogP) is -3.03. The minimum absolute atomic E-state index is 0. The molecule has 13 heavy (non-hydrogen) atoms. The molecule has 0 fully saturated rings. The van der Waals surface area contributed by atoms with Gasteiger partial charge in [0.15, 0.2) is 0 Å². The van der Waals surface area contributed by atoms with Gasteiger partial charge in [-0.05, 0) is 23.8 Å². The zero-order valence-corrected chi connectivity index (χ0v) is 8.43. The van der Waals surface area contributed by atoms with E-state index in [1.54, 1.807) is 11.0 Å². The molecule has 2 nitrogen and oxygen atoms in total. The van der Waals surface area contributed by atoms with Crippen LogP contribution in [0.15, 0.2) is 18.2 Å². The highest BCUT2D eigenvalue weighted by molar-refractivity contribution is 5.35. The molecule has 1 aliphatic rings. The Labute approximate surface area is 84.6 Å². The van der Waals surface area contributed by atoms with Crippen LogP contribution in [0.2, 0.25) is 0 Å². The summed E-state index contributed by atoms with van der Waals surface area (Å²) in [5.41, 5.74) is 2.71. The molecule has 1 unspecified atom stereocenters. The zero-order valence-electron chi connectivity index (χ0n) is 7.68. The number of likely N-dealkylation sites (N-methyl/N-ethyl adjacent to an activating group) is 1. The van der Waals surface area contributed by atoms with Crippen LogP contribution < -0.4 is 17.3 Å². The number of aromatic hydroxyl groups is 1. The van der Waals surface area contributed by atoms with Crippen molar-refractivity contribution in [2.75, 3.05) is 13.6 Å². The van der Waals surface area contributed by atoms with Gasteiger partial charge in [-0.2, -0.15) is 0 Å². The summed E-state index contributed by atoms with van der Waals surface area (Å²) in [7, 11) is 2.20. The van der Waals surface area contributed by atoms with Crippen molar-refractivity contribution in [1.29, 1.82) is 0 Å². The third-order valence-electron chi connectivity index (χ3n) is 2.50. The lowest BCUT2D eigenvalue weighted by atomic mass is 10.00. The van der Waals surface area contributed by atoms with E-state index < -0.39 is 0 Å². The van der Waals surface area contributed by atoms with Crippen molar-refractivity contribution in [3.05, 3.63) is 29.3 Å². The number of hydrogen-bond acceptors (Lipinski definition) is 1. The first kappa shape index (κ1) is 10.4. The summed E-state index contributed by atoms with van der Waals surface area (Å²) in [6, 6.07) is 5.70. The summed E-state index contributed by atoms with van der Waals surface area (Å²) in [5.74, 6) is 0.397. The van der Waals surface area contributed by atoms with Crippen LogP contribution in [0.4, 0.5) is 0 Å². The third kappa shape index (κ3) is 2.14. The standard InChI is InChI=1S/C10H13NO.ClH/c1-11-5-4-8-6-10(12)3-2-9(8)7-11;/h2-3,6,12H,4-5,7H2,1H3;1H. The highest BCUT2D eigenvalue weighted by atomic mass is 35.5. The minimum Gasteiger partial charge on any atom is -1.00 e. The van der Waals surface area contributed by atoms with Crippen LogP contribution in [0.25, 0.3) is 0 Å². The van der Waals surface area contributed by atoms with Crippen LogP contribution in [0.3, 0.4) is 0 Å². The molecule has 2 rings (SSSR count). The van der Waals surface area contributed by atoms with E-state index >= 15 is 0 Å². The largest absolute Gasteiger partial charge is 1.00 e. The number of halogens is 1. The summed E-state index contributed by atoms with van der Waals surface area (Å²) in [6.07, 6.45) is 1.09. The molecule has 3 heteroatoms. The molecular formula is C10H14ClNO. The normalized spacial score (nSPS) is 20.2. The smallest absolute Gasteiger partial charge is 0.115 e. The summed E-state index contributed by atoms with van der Waals surface area (Å²) in [4.78, 5) is 1.55. The molecule has 0 aromatic heterocycles. The maximum absolute atomic E-state index is 9.25. The van der Waals surface area contributed by atoms with Crippen LogP contribution in [0.1, 0.15) is 11.1 Å². The number of nitrogens with one attached hydrogen (secondary N) is 1. The Bertz CT molecular complexity index is 301. The van der Waals surface area contributed by atoms with Gasteiger partial charge < -0.3 is 22.4 Å². The van der Waals surface area contributed by atoms with E-state index in [0.717, 1.165) is 13.0 Å². The summed E-state index contributed by atoms with van der Waals surface area (Å²) >= 11 is 0. The topological polar surface area (TPSA) is 24.7 Å². The van der Waals surface area contributed by atoms with Crippen LogP contribution >= 0.6 is 0 Å². The molecule has 72 valence electrons. The van der Waals surface area contributed by atoms with E-state index in [0.29, 0.717) is 5.75 Å². The fraction of sp³-hybridized carbons (Fsp3) is 0.400. The molecule has 0 radical (unpaired) electrons. The fourth-order valence-electron chi connectivity index (χ4n) is 1.78. The molecule has 1 heterocycles. The monoisotopic (exact) mass is 199 g/mol. The van der Waals surface area contributed by atoms with Gasteiger partial charge in [0.1, 0.15) is 12.3 Å². The predicted molar refractivity (Wildman–Crippen MR) is 47.3 cm³/mol. The van der Waals surface area contributed by atoms with Crippen molar-refractivity contribution >= 4 is 0 Å². The van der Waals surface area contributed by atoms with E-state index in [4.69, 9.17) is 0 Å². The Kier molecular flexibility index (Phi) is 3.17. The number of quaternary nitrogens is 1. The highest BCUT2D eigenvalue weighted by Crippen LogP contribution is 2.17. The van der Waals surface area contributed by atoms with E-state index in [1.165, 1.54) is 17.7 Å². The second kappa shape index (κ2) is 3.99. The number of phenols is 1. The molecule has 0 amide bonds. The Balaban J connectivity index is 0.000000845. The van der Waals surface area contributed by atoms with Crippen LogP contribution in [0, 0.1) is 0 Å². The quantitative estimate of drug-likeness (QED) is 0.457. The number of benzene rings is 1. The van der Waals surface area contributed by atoms with Crippen molar-refractivity contribution in [3.63, 3.8) is 0 Å². The maximum atomic E-state index is 9.25. The zero-order chi connectivity index (χ0) is 8.55. The van der Waals surface area contributed by atoms with Crippen LogP contribution in [0.5, 0.6) is 5.75 Å². The second-order valence-corrected chi connectivity index (χ2v) is 3.59. The molecule has 2 N–H and O–H groups in total. The lowest BCUT2D eigenvalue weighted by Gasteiger charge is -2.21. The van der Waals surface area contributed by atoms with Gasteiger partial charge in [0, 0.05) is 12.0 Å². The minimum atomic E-state index is 0. The van der Waals surface area contributed by atoms with Crippen molar-refractivity contribution in [2.24, 2.45) is 0 Å². The Hall–Kier alpha value is -0.730. The molecule has 0 aliphatic carbocycles. The van der Waals surface area contributed by atoms with Gasteiger partial charge in [0.2, 0.25) is 0 Å². The van der Waals surface area contributed by atoms with Gasteiger partial charge in [-0.3, -0.25) is 0 Å². The molecule has 1 aliphatic heterocycles. The van der Waals surface area contributed by atoms with E-state index in [9.17, 15) is 5.11 Å². The first-order chi connectivity index (χ1) is 5.75. The fourth-order valence-corrected chi connectivity index (χ4v) is 1.78. The van der Waals surface area contributed by atoms with Gasteiger partial charge in [-0.25, -0.2) is 0 Å². The highest BCUT2D eigenvalue weighted by Gasteiger charge is 2.15. The molecule has 1 aromatic carbocycles. The van der Waals surface area contributed by atoms with E-state index in [2.05, 4.69) is 7.05 Å². The number of fused-ring (bicyclic) bond motifs is 1. The van der Waals surface area contributed by atoms with Gasteiger partial charge in [0.25, 0.3) is 0 Å². The summed E-state index contributed by atoms with van der Waals surface area (Å²) in [5, 5.41) is 9.25. The van der Waals surface area contributed by atoms with Crippen LogP contribution in [-0.4, -0.2) is 18.7 Å². The average Bonchev–Trinajstić information content (AvgIpc) is 2.05. The van der Waals surface area contributed by atoms with Crippen molar-refractivity contribution < 1.29 is 22.4 Å². The van der Waals surface area contributed by atoms with E-state index in [1.807, 2.05) is 12.1 Å². The lowest BCUT2D eigenvalue weighted by molar-refractivity contribution is -0.895. The number of hydrogen-bond donors (Lipinski definition) is 2. The van der Waals surface area contributed by atoms with Crippen LogP contribution in [-0.2, 0) is 13.0 Å². The third-order valence-corrected chi connectivity index (χ3v) is 2.50. The molecule has 0 saturated carbocycles. The molecule has 0 bridgehead atoms. The van der Waals surface area contributed by atoms with Gasteiger partial charge >= 0.3 is 0 Å². The summed E-state index contributed by atoms with van der Waals surface area (Å²) < 4.78 is 0. The van der Waals surface area contributed by atoms with Gasteiger partial charge in [0.05, 0.1) is 13.6 Å². The first-order valence-corrected chi connectivity index (χ1v) is 4.38. The lowest BCUT2D eigenvalue weighted by Crippen LogP contribution is -3.08. The van der Waals surface area contributed by atoms with Crippen molar-refractivity contribution in [2.45, 2.75) is 13.0 Å². The molecule has 0 spiro atoms. The average molecular weight is 200 g/mol.